The molecule has 1 aromatic heterocycles. The van der Waals surface area contributed by atoms with Gasteiger partial charge >= 0.3 is 5.97 Å². The van der Waals surface area contributed by atoms with Crippen molar-refractivity contribution in [2.75, 3.05) is 12.3 Å². The van der Waals surface area contributed by atoms with Crippen LogP contribution in [-0.2, 0) is 11.2 Å². The van der Waals surface area contributed by atoms with Crippen LogP contribution in [0.4, 0.5) is 0 Å². The molecule has 1 rings (SSSR count). The van der Waals surface area contributed by atoms with Gasteiger partial charge in [-0.1, -0.05) is 25.6 Å². The maximum atomic E-state index is 11.6. The number of hydrogen-bond acceptors (Lipinski definition) is 5. The number of aromatic nitrogens is 2. The Morgan fingerprint density at radius 3 is 2.55 bits per heavy atom. The van der Waals surface area contributed by atoms with Crippen molar-refractivity contribution in [1.29, 1.82) is 0 Å². The highest BCUT2D eigenvalue weighted by atomic mass is 32.2. The number of carboxylic acid groups (broad SMARTS) is 1. The number of rotatable bonds is 7. The van der Waals surface area contributed by atoms with Crippen molar-refractivity contribution in [2.45, 2.75) is 38.6 Å². The Labute approximate surface area is 122 Å². The van der Waals surface area contributed by atoms with Crippen LogP contribution in [0.1, 0.15) is 42.1 Å². The van der Waals surface area contributed by atoms with Gasteiger partial charge in [-0.05, 0) is 13.3 Å². The molecule has 0 fully saturated rings. The van der Waals surface area contributed by atoms with Gasteiger partial charge in [0.1, 0.15) is 16.4 Å². The molecule has 0 radical (unpaired) electrons. The quantitative estimate of drug-likeness (QED) is 0.587. The molecule has 110 valence electrons. The van der Waals surface area contributed by atoms with Gasteiger partial charge < -0.3 is 10.4 Å². The molecule has 1 aromatic rings. The normalized spacial score (nSPS) is 10.3. The molecule has 0 aliphatic heterocycles. The number of nitrogens with one attached hydrogen (secondary N) is 1. The summed E-state index contributed by atoms with van der Waals surface area (Å²) in [4.78, 5) is 31.2. The molecule has 0 saturated heterocycles. The van der Waals surface area contributed by atoms with Crippen LogP contribution in [0.15, 0.2) is 5.03 Å². The number of carboxylic acids is 1. The van der Waals surface area contributed by atoms with E-state index in [2.05, 4.69) is 15.3 Å². The minimum Gasteiger partial charge on any atom is -0.478 e. The van der Waals surface area contributed by atoms with Gasteiger partial charge in [-0.3, -0.25) is 4.79 Å². The summed E-state index contributed by atoms with van der Waals surface area (Å²) in [5, 5.41) is 12.3. The zero-order valence-corrected chi connectivity index (χ0v) is 12.7. The minimum absolute atomic E-state index is 0.0792. The standard InChI is InChI=1S/C13H19N3O3S/c1-4-6-14-10(17)7-20-12-11(13(18)19)8(3)15-9(5-2)16-12/h4-7H2,1-3H3,(H,14,17)(H,18,19). The molecule has 7 heteroatoms. The van der Waals surface area contributed by atoms with Gasteiger partial charge in [0, 0.05) is 13.0 Å². The first-order valence-electron chi connectivity index (χ1n) is 6.49. The predicted molar refractivity (Wildman–Crippen MR) is 77.1 cm³/mol. The van der Waals surface area contributed by atoms with Crippen LogP contribution in [0, 0.1) is 6.92 Å². The summed E-state index contributed by atoms with van der Waals surface area (Å²) >= 11 is 1.13. The van der Waals surface area contributed by atoms with Gasteiger partial charge in [0.2, 0.25) is 5.91 Å². The number of hydrogen-bond donors (Lipinski definition) is 2. The molecule has 2 N–H and O–H groups in total. The molecule has 0 aliphatic carbocycles. The lowest BCUT2D eigenvalue weighted by atomic mass is 10.2. The van der Waals surface area contributed by atoms with Crippen LogP contribution >= 0.6 is 11.8 Å². The Morgan fingerprint density at radius 2 is 2.00 bits per heavy atom. The summed E-state index contributed by atoms with van der Waals surface area (Å²) in [7, 11) is 0. The highest BCUT2D eigenvalue weighted by Crippen LogP contribution is 2.22. The Balaban J connectivity index is 2.89. The molecule has 20 heavy (non-hydrogen) atoms. The smallest absolute Gasteiger partial charge is 0.340 e. The number of thioether (sulfide) groups is 1. The first-order chi connectivity index (χ1) is 9.49. The Bertz CT molecular complexity index is 506. The predicted octanol–water partition coefficient (Wildman–Crippen LogP) is 1.66. The van der Waals surface area contributed by atoms with Gasteiger partial charge in [-0.25, -0.2) is 14.8 Å². The fourth-order valence-corrected chi connectivity index (χ4v) is 2.48. The Kier molecular flexibility index (Phi) is 6.44. The number of aryl methyl sites for hydroxylation is 2. The SMILES string of the molecule is CCCNC(=O)CSc1nc(CC)nc(C)c1C(=O)O. The third-order valence-corrected chi connectivity index (χ3v) is 3.52. The number of carbonyl (C=O) groups is 2. The molecule has 0 spiro atoms. The van der Waals surface area contributed by atoms with Crippen molar-refractivity contribution in [1.82, 2.24) is 15.3 Å². The average molecular weight is 297 g/mol. The van der Waals surface area contributed by atoms with E-state index in [9.17, 15) is 14.7 Å². The summed E-state index contributed by atoms with van der Waals surface area (Å²) in [6, 6.07) is 0. The van der Waals surface area contributed by atoms with Crippen LogP contribution < -0.4 is 5.32 Å². The summed E-state index contributed by atoms with van der Waals surface area (Å²) in [5.74, 6) is -0.451. The number of aromatic carboxylic acids is 1. The first kappa shape index (κ1) is 16.4. The lowest BCUT2D eigenvalue weighted by Gasteiger charge is -2.09. The molecule has 0 aliphatic rings. The van der Waals surface area contributed by atoms with Gasteiger partial charge in [0.05, 0.1) is 11.4 Å². The highest BCUT2D eigenvalue weighted by Gasteiger charge is 2.18. The van der Waals surface area contributed by atoms with Crippen molar-refractivity contribution >= 4 is 23.6 Å². The second kappa shape index (κ2) is 7.84. The zero-order chi connectivity index (χ0) is 15.1. The van der Waals surface area contributed by atoms with E-state index in [0.29, 0.717) is 29.5 Å². The van der Waals surface area contributed by atoms with E-state index in [-0.39, 0.29) is 17.2 Å². The van der Waals surface area contributed by atoms with Gasteiger partial charge in [-0.15, -0.1) is 0 Å². The molecular weight excluding hydrogens is 278 g/mol. The van der Waals surface area contributed by atoms with E-state index in [1.54, 1.807) is 6.92 Å². The Morgan fingerprint density at radius 1 is 1.30 bits per heavy atom. The van der Waals surface area contributed by atoms with Gasteiger partial charge in [0.25, 0.3) is 0 Å². The summed E-state index contributed by atoms with van der Waals surface area (Å²) in [6.07, 6.45) is 1.49. The summed E-state index contributed by atoms with van der Waals surface area (Å²) < 4.78 is 0. The maximum absolute atomic E-state index is 11.6. The van der Waals surface area contributed by atoms with E-state index in [1.807, 2.05) is 13.8 Å². The van der Waals surface area contributed by atoms with Gasteiger partial charge in [0.15, 0.2) is 0 Å². The number of amides is 1. The van der Waals surface area contributed by atoms with E-state index < -0.39 is 5.97 Å². The molecule has 1 amide bonds. The number of carbonyl (C=O) groups excluding carboxylic acids is 1. The Hall–Kier alpha value is -1.63. The highest BCUT2D eigenvalue weighted by molar-refractivity contribution is 8.00. The molecule has 0 bridgehead atoms. The molecule has 0 saturated carbocycles. The zero-order valence-electron chi connectivity index (χ0n) is 11.9. The average Bonchev–Trinajstić information content (AvgIpc) is 2.41. The third kappa shape index (κ3) is 4.48. The second-order valence-corrected chi connectivity index (χ2v) is 5.17. The minimum atomic E-state index is -1.07. The van der Waals surface area contributed by atoms with Gasteiger partial charge in [-0.2, -0.15) is 0 Å². The van der Waals surface area contributed by atoms with Crippen LogP contribution in [0.2, 0.25) is 0 Å². The van der Waals surface area contributed by atoms with E-state index >= 15 is 0 Å². The fraction of sp³-hybridized carbons (Fsp3) is 0.538. The lowest BCUT2D eigenvalue weighted by Crippen LogP contribution is -2.26. The van der Waals surface area contributed by atoms with E-state index in [4.69, 9.17) is 0 Å². The lowest BCUT2D eigenvalue weighted by molar-refractivity contribution is -0.118. The molecule has 0 aromatic carbocycles. The van der Waals surface area contributed by atoms with Crippen molar-refractivity contribution in [2.24, 2.45) is 0 Å². The van der Waals surface area contributed by atoms with Crippen LogP contribution in [0.5, 0.6) is 0 Å². The molecule has 0 unspecified atom stereocenters. The topological polar surface area (TPSA) is 92.2 Å². The first-order valence-corrected chi connectivity index (χ1v) is 7.48. The molecular formula is C13H19N3O3S. The van der Waals surface area contributed by atoms with Crippen molar-refractivity contribution in [3.8, 4) is 0 Å². The number of nitrogens with zero attached hydrogens (tertiary/aromatic N) is 2. The molecule has 6 nitrogen and oxygen atoms in total. The van der Waals surface area contributed by atoms with Crippen LogP contribution in [0.25, 0.3) is 0 Å². The maximum Gasteiger partial charge on any atom is 0.340 e. The second-order valence-electron chi connectivity index (χ2n) is 4.20. The van der Waals surface area contributed by atoms with Crippen LogP contribution in [0.3, 0.4) is 0 Å². The van der Waals surface area contributed by atoms with E-state index in [1.165, 1.54) is 0 Å². The van der Waals surface area contributed by atoms with Crippen LogP contribution in [-0.4, -0.2) is 39.2 Å². The third-order valence-electron chi connectivity index (χ3n) is 2.55. The van der Waals surface area contributed by atoms with Crippen molar-refractivity contribution in [3.63, 3.8) is 0 Å². The van der Waals surface area contributed by atoms with Crippen molar-refractivity contribution < 1.29 is 14.7 Å². The summed E-state index contributed by atoms with van der Waals surface area (Å²) in [5.41, 5.74) is 0.510. The van der Waals surface area contributed by atoms with E-state index in [0.717, 1.165) is 18.2 Å². The summed E-state index contributed by atoms with van der Waals surface area (Å²) in [6.45, 7) is 6.13. The van der Waals surface area contributed by atoms with Crippen molar-refractivity contribution in [3.05, 3.63) is 17.1 Å². The largest absolute Gasteiger partial charge is 0.478 e. The molecule has 0 atom stereocenters. The monoisotopic (exact) mass is 297 g/mol. The molecule has 1 heterocycles. The fourth-order valence-electron chi connectivity index (χ4n) is 1.56.